The average Bonchev–Trinajstić information content (AvgIpc) is 2.66. The number of alkyl carbamates (subject to hydrolysis) is 1. The highest BCUT2D eigenvalue weighted by Crippen LogP contribution is 2.20. The van der Waals surface area contributed by atoms with Gasteiger partial charge in [0.2, 0.25) is 5.91 Å². The topological polar surface area (TPSA) is 97.0 Å². The summed E-state index contributed by atoms with van der Waals surface area (Å²) in [7, 11) is 0. The first-order chi connectivity index (χ1) is 14.0. The van der Waals surface area contributed by atoms with Crippen molar-refractivity contribution in [1.82, 2.24) is 15.5 Å². The maximum Gasteiger partial charge on any atom is 0.408 e. The number of rotatable bonds is 6. The molecule has 0 unspecified atom stereocenters. The minimum Gasteiger partial charge on any atom is -0.483 e. The predicted octanol–water partition coefficient (Wildman–Crippen LogP) is 2.31. The molecule has 1 aromatic carbocycles. The van der Waals surface area contributed by atoms with Crippen LogP contribution in [0.3, 0.4) is 0 Å². The van der Waals surface area contributed by atoms with Crippen molar-refractivity contribution in [1.29, 1.82) is 0 Å². The molecular formula is C22H33N3O5. The molecule has 1 saturated heterocycles. The summed E-state index contributed by atoms with van der Waals surface area (Å²) in [4.78, 5) is 37.8. The van der Waals surface area contributed by atoms with Crippen molar-refractivity contribution >= 4 is 17.9 Å². The van der Waals surface area contributed by atoms with E-state index in [0.717, 1.165) is 11.1 Å². The molecule has 8 nitrogen and oxygen atoms in total. The van der Waals surface area contributed by atoms with E-state index in [1.165, 1.54) is 0 Å². The van der Waals surface area contributed by atoms with Gasteiger partial charge < -0.3 is 25.0 Å². The van der Waals surface area contributed by atoms with Crippen LogP contribution in [0.15, 0.2) is 18.2 Å². The van der Waals surface area contributed by atoms with E-state index < -0.39 is 11.7 Å². The number of piperidine rings is 1. The van der Waals surface area contributed by atoms with E-state index in [-0.39, 0.29) is 31.0 Å². The van der Waals surface area contributed by atoms with Gasteiger partial charge >= 0.3 is 6.09 Å². The quantitative estimate of drug-likeness (QED) is 0.738. The third kappa shape index (κ3) is 7.57. The number of carbonyl (C=O) groups excluding carboxylic acids is 3. The van der Waals surface area contributed by atoms with E-state index in [1.54, 1.807) is 25.7 Å². The van der Waals surface area contributed by atoms with Gasteiger partial charge in [-0.1, -0.05) is 12.1 Å². The van der Waals surface area contributed by atoms with Gasteiger partial charge in [-0.2, -0.15) is 0 Å². The Balaban J connectivity index is 1.68. The molecule has 0 radical (unpaired) electrons. The van der Waals surface area contributed by atoms with Crippen molar-refractivity contribution in [3.63, 3.8) is 0 Å². The summed E-state index contributed by atoms with van der Waals surface area (Å²) in [5, 5.41) is 5.45. The Morgan fingerprint density at radius 1 is 1.13 bits per heavy atom. The van der Waals surface area contributed by atoms with Crippen LogP contribution < -0.4 is 15.4 Å². The van der Waals surface area contributed by atoms with E-state index in [9.17, 15) is 14.4 Å². The van der Waals surface area contributed by atoms with Crippen LogP contribution in [0.2, 0.25) is 0 Å². The number of nitrogens with zero attached hydrogens (tertiary/aromatic N) is 1. The molecule has 1 aliphatic rings. The van der Waals surface area contributed by atoms with Gasteiger partial charge in [0, 0.05) is 19.1 Å². The standard InChI is InChI=1S/C22H33N3O5/c1-15-7-6-8-18(16(15)2)29-14-19(26)24-17-9-11-25(12-10-17)20(27)13-23-21(28)30-22(3,4)5/h6-8,17H,9-14H2,1-5H3,(H,23,28)(H,24,26). The number of ether oxygens (including phenoxy) is 2. The minimum atomic E-state index is -0.609. The molecule has 0 bridgehead atoms. The maximum absolute atomic E-state index is 12.3. The maximum atomic E-state index is 12.3. The molecule has 8 heteroatoms. The largest absolute Gasteiger partial charge is 0.483 e. The van der Waals surface area contributed by atoms with Crippen LogP contribution in [0.25, 0.3) is 0 Å². The Hall–Kier alpha value is -2.77. The molecule has 3 amide bonds. The second-order valence-electron chi connectivity index (χ2n) is 8.56. The second-order valence-corrected chi connectivity index (χ2v) is 8.56. The molecule has 0 spiro atoms. The molecule has 166 valence electrons. The number of nitrogens with one attached hydrogen (secondary N) is 2. The number of likely N-dealkylation sites (tertiary alicyclic amines) is 1. The van der Waals surface area contributed by atoms with Gasteiger partial charge in [-0.3, -0.25) is 9.59 Å². The average molecular weight is 420 g/mol. The lowest BCUT2D eigenvalue weighted by Crippen LogP contribution is -2.49. The van der Waals surface area contributed by atoms with Gasteiger partial charge in [0.1, 0.15) is 17.9 Å². The normalized spacial score (nSPS) is 14.8. The summed E-state index contributed by atoms with van der Waals surface area (Å²) in [6, 6.07) is 5.76. The molecule has 30 heavy (non-hydrogen) atoms. The number of hydrogen-bond acceptors (Lipinski definition) is 5. The number of benzene rings is 1. The van der Waals surface area contributed by atoms with Crippen LogP contribution in [0.4, 0.5) is 4.79 Å². The van der Waals surface area contributed by atoms with Crippen molar-refractivity contribution in [3.8, 4) is 5.75 Å². The van der Waals surface area contributed by atoms with Gasteiger partial charge in [-0.05, 0) is 64.7 Å². The summed E-state index contributed by atoms with van der Waals surface area (Å²) < 4.78 is 10.8. The third-order valence-electron chi connectivity index (χ3n) is 4.91. The number of hydrogen-bond donors (Lipinski definition) is 2. The summed E-state index contributed by atoms with van der Waals surface area (Å²) in [5.74, 6) is 0.374. The van der Waals surface area contributed by atoms with Gasteiger partial charge in [-0.25, -0.2) is 4.79 Å². The lowest BCUT2D eigenvalue weighted by Gasteiger charge is -2.32. The highest BCUT2D eigenvalue weighted by atomic mass is 16.6. The van der Waals surface area contributed by atoms with Gasteiger partial charge in [0.05, 0.1) is 0 Å². The SMILES string of the molecule is Cc1cccc(OCC(=O)NC2CCN(C(=O)CNC(=O)OC(C)(C)C)CC2)c1C. The van der Waals surface area contributed by atoms with Crippen molar-refractivity contribution in [2.45, 2.75) is 59.1 Å². The van der Waals surface area contributed by atoms with Crippen molar-refractivity contribution in [2.75, 3.05) is 26.2 Å². The fourth-order valence-corrected chi connectivity index (χ4v) is 3.14. The lowest BCUT2D eigenvalue weighted by atomic mass is 10.0. The number of carbonyl (C=O) groups is 3. The fourth-order valence-electron chi connectivity index (χ4n) is 3.14. The Bertz CT molecular complexity index is 765. The summed E-state index contributed by atoms with van der Waals surface area (Å²) in [5.41, 5.74) is 1.54. The molecule has 0 aromatic heterocycles. The molecule has 1 heterocycles. The summed E-state index contributed by atoms with van der Waals surface area (Å²) >= 11 is 0. The Kier molecular flexibility index (Phi) is 8.08. The first-order valence-electron chi connectivity index (χ1n) is 10.3. The van der Waals surface area contributed by atoms with Gasteiger partial charge in [0.25, 0.3) is 5.91 Å². The van der Waals surface area contributed by atoms with Crippen molar-refractivity contribution < 1.29 is 23.9 Å². The molecule has 1 fully saturated rings. The Morgan fingerprint density at radius 2 is 1.80 bits per heavy atom. The summed E-state index contributed by atoms with van der Waals surface area (Å²) in [6.45, 7) is 10.2. The zero-order valence-corrected chi connectivity index (χ0v) is 18.5. The van der Waals surface area contributed by atoms with Crippen LogP contribution in [0, 0.1) is 13.8 Å². The third-order valence-corrected chi connectivity index (χ3v) is 4.91. The van der Waals surface area contributed by atoms with E-state index in [1.807, 2.05) is 32.0 Å². The van der Waals surface area contributed by atoms with E-state index in [0.29, 0.717) is 31.7 Å². The van der Waals surface area contributed by atoms with E-state index in [4.69, 9.17) is 9.47 Å². The van der Waals surface area contributed by atoms with Gasteiger partial charge in [0.15, 0.2) is 6.61 Å². The monoisotopic (exact) mass is 419 g/mol. The van der Waals surface area contributed by atoms with E-state index >= 15 is 0 Å². The Morgan fingerprint density at radius 3 is 2.43 bits per heavy atom. The molecule has 1 aromatic rings. The number of aryl methyl sites for hydroxylation is 1. The van der Waals surface area contributed by atoms with E-state index in [2.05, 4.69) is 10.6 Å². The first kappa shape index (κ1) is 23.5. The predicted molar refractivity (Wildman–Crippen MR) is 113 cm³/mol. The molecule has 2 rings (SSSR count). The van der Waals surface area contributed by atoms with Crippen molar-refractivity contribution in [2.24, 2.45) is 0 Å². The van der Waals surface area contributed by atoms with Crippen LogP contribution in [-0.4, -0.2) is 60.7 Å². The smallest absolute Gasteiger partial charge is 0.408 e. The molecule has 1 aliphatic heterocycles. The molecule has 0 aliphatic carbocycles. The molecule has 2 N–H and O–H groups in total. The molecule has 0 atom stereocenters. The minimum absolute atomic E-state index is 0.00238. The van der Waals surface area contributed by atoms with Crippen LogP contribution >= 0.6 is 0 Å². The van der Waals surface area contributed by atoms with Crippen LogP contribution in [-0.2, 0) is 14.3 Å². The highest BCUT2D eigenvalue weighted by molar-refractivity contribution is 5.82. The molecule has 0 saturated carbocycles. The zero-order chi connectivity index (χ0) is 22.3. The number of amides is 3. The fraction of sp³-hybridized carbons (Fsp3) is 0.591. The van der Waals surface area contributed by atoms with Crippen molar-refractivity contribution in [3.05, 3.63) is 29.3 Å². The van der Waals surface area contributed by atoms with Gasteiger partial charge in [-0.15, -0.1) is 0 Å². The van der Waals surface area contributed by atoms with Crippen LogP contribution in [0.1, 0.15) is 44.7 Å². The first-order valence-corrected chi connectivity index (χ1v) is 10.3. The zero-order valence-electron chi connectivity index (χ0n) is 18.5. The highest BCUT2D eigenvalue weighted by Gasteiger charge is 2.25. The molecular weight excluding hydrogens is 386 g/mol. The summed E-state index contributed by atoms with van der Waals surface area (Å²) in [6.07, 6.45) is 0.711. The lowest BCUT2D eigenvalue weighted by molar-refractivity contribution is -0.131. The second kappa shape index (κ2) is 10.3. The van der Waals surface area contributed by atoms with Crippen LogP contribution in [0.5, 0.6) is 5.75 Å². The Labute approximate surface area is 178 Å².